The maximum atomic E-state index is 12.1. The second-order valence-electron chi connectivity index (χ2n) is 3.52. The van der Waals surface area contributed by atoms with E-state index < -0.39 is 6.61 Å². The van der Waals surface area contributed by atoms with Crippen LogP contribution in [0, 0.1) is 6.92 Å². The van der Waals surface area contributed by atoms with Crippen molar-refractivity contribution >= 4 is 27.2 Å². The van der Waals surface area contributed by atoms with E-state index in [9.17, 15) is 8.78 Å². The monoisotopic (exact) mass is 284 g/mol. The summed E-state index contributed by atoms with van der Waals surface area (Å²) in [5, 5.41) is 8.89. The van der Waals surface area contributed by atoms with Gasteiger partial charge in [-0.15, -0.1) is 10.2 Å². The second kappa shape index (κ2) is 5.70. The maximum Gasteiger partial charge on any atom is 0.387 e. The van der Waals surface area contributed by atoms with Gasteiger partial charge >= 0.3 is 6.61 Å². The molecule has 8 heteroatoms. The highest BCUT2D eigenvalue weighted by atomic mass is 32.1. The third-order valence-corrected chi connectivity index (χ3v) is 2.96. The average Bonchev–Trinajstić information content (AvgIpc) is 2.65. The van der Waals surface area contributed by atoms with Gasteiger partial charge in [0, 0.05) is 6.07 Å². The molecule has 2 N–H and O–H groups in total. The molecule has 0 atom stereocenters. The van der Waals surface area contributed by atoms with Crippen molar-refractivity contribution in [2.75, 3.05) is 5.73 Å². The Morgan fingerprint density at radius 2 is 2.16 bits per heavy atom. The summed E-state index contributed by atoms with van der Waals surface area (Å²) in [7, 11) is 0. The molecule has 0 spiro atoms. The molecule has 1 heterocycles. The molecule has 1 aromatic heterocycles. The summed E-state index contributed by atoms with van der Waals surface area (Å²) in [6.07, 6.45) is 0. The summed E-state index contributed by atoms with van der Waals surface area (Å²) in [5.74, 6) is 0.0343. The van der Waals surface area contributed by atoms with Gasteiger partial charge in [-0.2, -0.15) is 8.78 Å². The van der Waals surface area contributed by atoms with Crippen LogP contribution >= 0.6 is 11.3 Å². The number of aromatic nitrogens is 1. The predicted molar refractivity (Wildman–Crippen MR) is 68.5 cm³/mol. The number of anilines is 1. The fraction of sp³-hybridized carbons (Fsp3) is 0.182. The molecule has 0 saturated heterocycles. The van der Waals surface area contributed by atoms with Crippen molar-refractivity contribution in [1.82, 2.24) is 4.98 Å². The van der Waals surface area contributed by atoms with Crippen molar-refractivity contribution in [3.8, 4) is 5.75 Å². The van der Waals surface area contributed by atoms with Crippen LogP contribution in [0.5, 0.6) is 5.75 Å². The zero-order chi connectivity index (χ0) is 13.8. The molecule has 0 aliphatic carbocycles. The molecule has 2 rings (SSSR count). The van der Waals surface area contributed by atoms with Crippen molar-refractivity contribution in [2.45, 2.75) is 13.5 Å². The molecule has 0 fully saturated rings. The lowest BCUT2D eigenvalue weighted by Crippen LogP contribution is -2.01. The molecule has 1 aromatic carbocycles. The maximum absolute atomic E-state index is 12.1. The Bertz CT molecular complexity index is 600. The number of nitrogen functional groups attached to an aromatic ring is 1. The highest BCUT2D eigenvalue weighted by molar-refractivity contribution is 7.19. The summed E-state index contributed by atoms with van der Waals surface area (Å²) in [4.78, 5) is 4.00. The number of nitrogens with two attached hydrogens (primary N) is 1. The second-order valence-corrected chi connectivity index (χ2v) is 4.53. The van der Waals surface area contributed by atoms with Gasteiger partial charge in [-0.25, -0.2) is 4.98 Å². The first-order chi connectivity index (χ1) is 9.04. The van der Waals surface area contributed by atoms with E-state index in [0.717, 1.165) is 0 Å². The summed E-state index contributed by atoms with van der Waals surface area (Å²) in [6, 6.07) is 5.97. The van der Waals surface area contributed by atoms with Crippen molar-refractivity contribution in [3.63, 3.8) is 0 Å². The van der Waals surface area contributed by atoms with Crippen molar-refractivity contribution in [3.05, 3.63) is 30.0 Å². The van der Waals surface area contributed by atoms with Crippen LogP contribution in [0.1, 0.15) is 5.69 Å². The van der Waals surface area contributed by atoms with Crippen LogP contribution in [-0.4, -0.2) is 11.6 Å². The lowest BCUT2D eigenvalue weighted by Gasteiger charge is -2.03. The molecule has 100 valence electrons. The minimum absolute atomic E-state index is 0.0343. The van der Waals surface area contributed by atoms with E-state index >= 15 is 0 Å². The Balaban J connectivity index is 2.16. The lowest BCUT2D eigenvalue weighted by molar-refractivity contribution is -0.0498. The van der Waals surface area contributed by atoms with Gasteiger partial charge in [-0.3, -0.25) is 0 Å². The Labute approximate surface area is 111 Å². The van der Waals surface area contributed by atoms with Crippen molar-refractivity contribution in [1.29, 1.82) is 0 Å². The fourth-order valence-corrected chi connectivity index (χ4v) is 1.98. The Morgan fingerprint density at radius 3 is 2.79 bits per heavy atom. The van der Waals surface area contributed by atoms with Gasteiger partial charge in [0.2, 0.25) is 0 Å². The number of benzene rings is 1. The fourth-order valence-electron chi connectivity index (χ4n) is 1.33. The molecule has 0 unspecified atom stereocenters. The Morgan fingerprint density at radius 1 is 1.37 bits per heavy atom. The third-order valence-electron chi connectivity index (χ3n) is 2.09. The molecule has 0 bridgehead atoms. The van der Waals surface area contributed by atoms with E-state index in [2.05, 4.69) is 19.9 Å². The molecule has 2 aromatic rings. The Kier molecular flexibility index (Phi) is 4.00. The molecule has 0 saturated carbocycles. The highest BCUT2D eigenvalue weighted by Gasteiger charge is 2.05. The number of rotatable bonds is 4. The smallest absolute Gasteiger partial charge is 0.387 e. The Hall–Kier alpha value is -2.09. The number of aryl methyl sites for hydroxylation is 1. The summed E-state index contributed by atoms with van der Waals surface area (Å²) < 4.78 is 28.4. The van der Waals surface area contributed by atoms with E-state index in [1.807, 2.05) is 0 Å². The van der Waals surface area contributed by atoms with Crippen LogP contribution in [-0.2, 0) is 0 Å². The molecule has 0 aliphatic rings. The van der Waals surface area contributed by atoms with Gasteiger partial charge in [-0.1, -0.05) is 17.4 Å². The highest BCUT2D eigenvalue weighted by Crippen LogP contribution is 2.30. The molecular weight excluding hydrogens is 274 g/mol. The first-order valence-corrected chi connectivity index (χ1v) is 6.06. The van der Waals surface area contributed by atoms with Gasteiger partial charge in [-0.05, 0) is 19.1 Å². The van der Waals surface area contributed by atoms with E-state index in [1.54, 1.807) is 19.1 Å². The summed E-state index contributed by atoms with van der Waals surface area (Å²) in [6.45, 7) is -1.10. The quantitative estimate of drug-likeness (QED) is 0.861. The van der Waals surface area contributed by atoms with E-state index in [0.29, 0.717) is 21.5 Å². The van der Waals surface area contributed by atoms with Gasteiger partial charge in [0.05, 0.1) is 11.4 Å². The SMILES string of the molecule is Cc1nc(N)sc1N=Nc1cccc(OC(F)F)c1. The van der Waals surface area contributed by atoms with Crippen LogP contribution in [0.15, 0.2) is 34.5 Å². The van der Waals surface area contributed by atoms with Crippen LogP contribution in [0.4, 0.5) is 24.6 Å². The van der Waals surface area contributed by atoms with E-state index in [1.165, 1.54) is 23.5 Å². The van der Waals surface area contributed by atoms with Gasteiger partial charge in [0.15, 0.2) is 10.1 Å². The van der Waals surface area contributed by atoms with Crippen LogP contribution in [0.25, 0.3) is 0 Å². The van der Waals surface area contributed by atoms with Gasteiger partial charge < -0.3 is 10.5 Å². The first kappa shape index (κ1) is 13.3. The molecular formula is C11H10F2N4OS. The topological polar surface area (TPSA) is 72.9 Å². The standard InChI is InChI=1S/C11H10F2N4OS/c1-6-9(19-11(14)15-6)17-16-7-3-2-4-8(5-7)18-10(12)13/h2-5,10H,1H3,(H2,14,15). The number of azo groups is 1. The van der Waals surface area contributed by atoms with Crippen LogP contribution in [0.2, 0.25) is 0 Å². The average molecular weight is 284 g/mol. The van der Waals surface area contributed by atoms with E-state index in [4.69, 9.17) is 5.73 Å². The zero-order valence-electron chi connectivity index (χ0n) is 9.88. The summed E-state index contributed by atoms with van der Waals surface area (Å²) >= 11 is 1.20. The zero-order valence-corrected chi connectivity index (χ0v) is 10.7. The number of thiazole rings is 1. The molecule has 19 heavy (non-hydrogen) atoms. The van der Waals surface area contributed by atoms with Crippen molar-refractivity contribution in [2.24, 2.45) is 10.2 Å². The summed E-state index contributed by atoms with van der Waals surface area (Å²) in [5.41, 5.74) is 6.61. The normalized spacial score (nSPS) is 11.4. The number of nitrogens with zero attached hydrogens (tertiary/aromatic N) is 3. The third kappa shape index (κ3) is 3.68. The lowest BCUT2D eigenvalue weighted by atomic mass is 10.3. The van der Waals surface area contributed by atoms with E-state index in [-0.39, 0.29) is 5.75 Å². The number of hydrogen-bond acceptors (Lipinski definition) is 6. The number of alkyl halides is 2. The molecule has 0 amide bonds. The largest absolute Gasteiger partial charge is 0.435 e. The number of ether oxygens (including phenoxy) is 1. The number of halogens is 2. The minimum Gasteiger partial charge on any atom is -0.435 e. The number of hydrogen-bond donors (Lipinski definition) is 1. The first-order valence-electron chi connectivity index (χ1n) is 5.24. The van der Waals surface area contributed by atoms with Gasteiger partial charge in [0.1, 0.15) is 5.75 Å². The predicted octanol–water partition coefficient (Wildman–Crippen LogP) is 4.05. The van der Waals surface area contributed by atoms with Crippen molar-refractivity contribution < 1.29 is 13.5 Å². The molecule has 0 radical (unpaired) electrons. The minimum atomic E-state index is -2.87. The molecule has 5 nitrogen and oxygen atoms in total. The van der Waals surface area contributed by atoms with Crippen LogP contribution < -0.4 is 10.5 Å². The van der Waals surface area contributed by atoms with Crippen LogP contribution in [0.3, 0.4) is 0 Å². The van der Waals surface area contributed by atoms with Gasteiger partial charge in [0.25, 0.3) is 0 Å². The molecule has 0 aliphatic heterocycles.